The zero-order valence-electron chi connectivity index (χ0n) is 19.1. The van der Waals surface area contributed by atoms with Crippen molar-refractivity contribution in [1.82, 2.24) is 35.6 Å². The monoisotopic (exact) mass is 473 g/mol. The molecule has 34 heavy (non-hydrogen) atoms. The summed E-state index contributed by atoms with van der Waals surface area (Å²) in [7, 11) is 6.44. The molecule has 1 aromatic carbocycles. The number of anilines is 1. The van der Waals surface area contributed by atoms with Crippen molar-refractivity contribution in [2.75, 3.05) is 34.0 Å². The van der Waals surface area contributed by atoms with Crippen LogP contribution in [0.15, 0.2) is 21.9 Å². The molecule has 0 unspecified atom stereocenters. The third kappa shape index (κ3) is 5.26. The van der Waals surface area contributed by atoms with Gasteiger partial charge >= 0.3 is 5.97 Å². The number of carbonyl (C=O) groups is 2. The van der Waals surface area contributed by atoms with Crippen molar-refractivity contribution in [2.45, 2.75) is 13.5 Å². The van der Waals surface area contributed by atoms with E-state index in [0.29, 0.717) is 11.3 Å². The van der Waals surface area contributed by atoms with Crippen molar-refractivity contribution in [3.8, 4) is 23.1 Å². The van der Waals surface area contributed by atoms with Crippen LogP contribution in [0.5, 0.6) is 17.2 Å². The Balaban J connectivity index is 1.84. The summed E-state index contributed by atoms with van der Waals surface area (Å²) in [5.74, 6) is -0.422. The average Bonchev–Trinajstić information content (AvgIpc) is 3.39. The second-order valence-electron chi connectivity index (χ2n) is 7.05. The summed E-state index contributed by atoms with van der Waals surface area (Å²) in [6.45, 7) is 1.55. The predicted octanol–water partition coefficient (Wildman–Crippen LogP) is 0.000500. The molecule has 0 saturated heterocycles. The van der Waals surface area contributed by atoms with Gasteiger partial charge in [-0.1, -0.05) is 5.21 Å². The average molecular weight is 473 g/mol. The number of methoxy groups -OCH3 is 2. The largest absolute Gasteiger partial charge is 0.493 e. The Morgan fingerprint density at radius 3 is 2.44 bits per heavy atom. The van der Waals surface area contributed by atoms with Crippen LogP contribution < -0.4 is 25.4 Å². The van der Waals surface area contributed by atoms with E-state index in [0.717, 1.165) is 0 Å². The summed E-state index contributed by atoms with van der Waals surface area (Å²) >= 11 is 0. The van der Waals surface area contributed by atoms with E-state index >= 15 is 0 Å². The van der Waals surface area contributed by atoms with E-state index in [-0.39, 0.29) is 41.1 Å². The molecule has 15 nitrogen and oxygen atoms in total. The van der Waals surface area contributed by atoms with E-state index in [4.69, 9.17) is 19.9 Å². The maximum atomic E-state index is 12.8. The smallest absolute Gasteiger partial charge is 0.308 e. The first kappa shape index (κ1) is 24.1. The highest BCUT2D eigenvalue weighted by molar-refractivity contribution is 5.94. The van der Waals surface area contributed by atoms with Crippen LogP contribution in [0, 0.1) is 0 Å². The number of aromatic nitrogens is 5. The molecule has 2 heterocycles. The molecule has 0 atom stereocenters. The van der Waals surface area contributed by atoms with Gasteiger partial charge in [0, 0.05) is 19.0 Å². The highest BCUT2D eigenvalue weighted by Crippen LogP contribution is 2.38. The van der Waals surface area contributed by atoms with E-state index in [1.54, 1.807) is 12.1 Å². The number of hydrazone groups is 1. The van der Waals surface area contributed by atoms with Crippen LogP contribution >= 0.6 is 0 Å². The van der Waals surface area contributed by atoms with Gasteiger partial charge in [0.15, 0.2) is 17.2 Å². The number of nitrogens with zero attached hydrogens (tertiary/aromatic N) is 7. The molecule has 2 aromatic heterocycles. The zero-order chi connectivity index (χ0) is 24.8. The predicted molar refractivity (Wildman–Crippen MR) is 117 cm³/mol. The van der Waals surface area contributed by atoms with E-state index in [1.807, 2.05) is 19.0 Å². The Kier molecular flexibility index (Phi) is 7.37. The van der Waals surface area contributed by atoms with E-state index in [1.165, 1.54) is 32.0 Å². The van der Waals surface area contributed by atoms with Gasteiger partial charge in [-0.15, -0.1) is 5.10 Å². The fourth-order valence-corrected chi connectivity index (χ4v) is 2.86. The molecule has 0 bridgehead atoms. The summed E-state index contributed by atoms with van der Waals surface area (Å²) in [4.78, 5) is 25.9. The SMILES string of the molecule is COc1cc(/C=N/NC(=O)c2nnn(-c3nonc3N)c2CN(C)C)cc(OC)c1OC(C)=O. The second-order valence-corrected chi connectivity index (χ2v) is 7.05. The molecule has 3 aromatic rings. The maximum absolute atomic E-state index is 12.8. The lowest BCUT2D eigenvalue weighted by molar-refractivity contribution is -0.132. The van der Waals surface area contributed by atoms with Gasteiger partial charge in [-0.2, -0.15) is 9.78 Å². The number of rotatable bonds is 9. The maximum Gasteiger partial charge on any atom is 0.308 e. The highest BCUT2D eigenvalue weighted by atomic mass is 16.6. The van der Waals surface area contributed by atoms with E-state index in [9.17, 15) is 9.59 Å². The van der Waals surface area contributed by atoms with Gasteiger partial charge in [0.1, 0.15) is 0 Å². The number of ether oxygens (including phenoxy) is 3. The van der Waals surface area contributed by atoms with Crippen LogP contribution in [0.25, 0.3) is 5.82 Å². The second kappa shape index (κ2) is 10.4. The van der Waals surface area contributed by atoms with Gasteiger partial charge in [-0.3, -0.25) is 9.59 Å². The Bertz CT molecular complexity index is 1190. The fourth-order valence-electron chi connectivity index (χ4n) is 2.86. The molecule has 0 radical (unpaired) electrons. The van der Waals surface area contributed by atoms with Crippen LogP contribution in [0.3, 0.4) is 0 Å². The Labute approximate surface area is 193 Å². The molecule has 0 spiro atoms. The summed E-state index contributed by atoms with van der Waals surface area (Å²) in [6, 6.07) is 3.12. The van der Waals surface area contributed by atoms with Crippen molar-refractivity contribution in [3.05, 3.63) is 29.1 Å². The number of nitrogen functional groups attached to an aromatic ring is 1. The third-order valence-electron chi connectivity index (χ3n) is 4.25. The molecule has 3 N–H and O–H groups in total. The molecule has 15 heteroatoms. The zero-order valence-corrected chi connectivity index (χ0v) is 19.1. The molecule has 1 amide bonds. The molecular formula is C19H23N9O6. The lowest BCUT2D eigenvalue weighted by atomic mass is 10.2. The molecule has 0 aliphatic rings. The van der Waals surface area contributed by atoms with Crippen molar-refractivity contribution in [1.29, 1.82) is 0 Å². The van der Waals surface area contributed by atoms with Crippen molar-refractivity contribution in [2.24, 2.45) is 5.10 Å². The first-order valence-electron chi connectivity index (χ1n) is 9.70. The first-order chi connectivity index (χ1) is 16.2. The van der Waals surface area contributed by atoms with Crippen LogP contribution in [0.4, 0.5) is 5.82 Å². The summed E-state index contributed by atoms with van der Waals surface area (Å²) in [6.07, 6.45) is 1.36. The lowest BCUT2D eigenvalue weighted by Crippen LogP contribution is -2.23. The Morgan fingerprint density at radius 1 is 1.24 bits per heavy atom. The van der Waals surface area contributed by atoms with Crippen molar-refractivity contribution in [3.63, 3.8) is 0 Å². The number of hydrogen-bond acceptors (Lipinski definition) is 13. The van der Waals surface area contributed by atoms with Gasteiger partial charge in [-0.05, 0) is 36.5 Å². The minimum absolute atomic E-state index is 0.00465. The van der Waals surface area contributed by atoms with Gasteiger partial charge in [0.05, 0.1) is 26.1 Å². The Morgan fingerprint density at radius 2 is 1.91 bits per heavy atom. The number of esters is 1. The fraction of sp³-hybridized carbons (Fsp3) is 0.316. The molecule has 0 saturated carbocycles. The van der Waals surface area contributed by atoms with E-state index in [2.05, 4.69) is 35.8 Å². The standard InChI is InChI=1S/C19H23N9O6/c1-10(29)33-16-13(31-4)6-11(7-14(16)32-5)8-21-23-19(30)15-12(9-27(2)3)28(26-22-15)18-17(20)24-34-25-18/h6-8H,9H2,1-5H3,(H2,20,24)(H,23,30)/b21-8+. The number of hydrogen-bond donors (Lipinski definition) is 2. The number of nitrogens with two attached hydrogens (primary N) is 1. The molecule has 180 valence electrons. The van der Waals surface area contributed by atoms with Crippen molar-refractivity contribution < 1.29 is 28.4 Å². The van der Waals surface area contributed by atoms with Crippen LogP contribution in [-0.4, -0.2) is 76.6 Å². The molecule has 0 fully saturated rings. The molecule has 0 aliphatic heterocycles. The highest BCUT2D eigenvalue weighted by Gasteiger charge is 2.24. The van der Waals surface area contributed by atoms with Crippen LogP contribution in [0.1, 0.15) is 28.7 Å². The van der Waals surface area contributed by atoms with Crippen LogP contribution in [-0.2, 0) is 11.3 Å². The minimum Gasteiger partial charge on any atom is -0.493 e. The topological polar surface area (TPSA) is 185 Å². The minimum atomic E-state index is -0.621. The van der Waals surface area contributed by atoms with Gasteiger partial charge in [0.25, 0.3) is 5.91 Å². The van der Waals surface area contributed by atoms with Gasteiger partial charge in [0.2, 0.25) is 17.4 Å². The molecular weight excluding hydrogens is 450 g/mol. The summed E-state index contributed by atoms with van der Waals surface area (Å²) in [5.41, 5.74) is 9.05. The van der Waals surface area contributed by atoms with Gasteiger partial charge < -0.3 is 24.8 Å². The first-order valence-corrected chi connectivity index (χ1v) is 9.70. The third-order valence-corrected chi connectivity index (χ3v) is 4.25. The van der Waals surface area contributed by atoms with Crippen LogP contribution in [0.2, 0.25) is 0 Å². The summed E-state index contributed by atoms with van der Waals surface area (Å²) < 4.78 is 21.6. The number of carbonyl (C=O) groups excluding carboxylic acids is 2. The lowest BCUT2D eigenvalue weighted by Gasteiger charge is -2.13. The molecule has 3 rings (SSSR count). The normalized spacial score (nSPS) is 11.1. The quantitative estimate of drug-likeness (QED) is 0.184. The molecule has 0 aliphatic carbocycles. The summed E-state index contributed by atoms with van der Waals surface area (Å²) in [5, 5.41) is 19.1. The van der Waals surface area contributed by atoms with E-state index < -0.39 is 11.9 Å². The van der Waals surface area contributed by atoms with Gasteiger partial charge in [-0.25, -0.2) is 10.1 Å². The number of nitrogens with one attached hydrogen (secondary N) is 1. The number of benzene rings is 1. The number of amides is 1. The van der Waals surface area contributed by atoms with Crippen molar-refractivity contribution >= 4 is 23.9 Å². The Hall–Kier alpha value is -4.53.